The van der Waals surface area contributed by atoms with E-state index in [1.54, 1.807) is 49.1 Å². The summed E-state index contributed by atoms with van der Waals surface area (Å²) in [6, 6.07) is 22.5. The van der Waals surface area contributed by atoms with Crippen LogP contribution in [-0.4, -0.2) is 82.0 Å². The molecule has 224 valence electrons. The first kappa shape index (κ1) is 30.4. The van der Waals surface area contributed by atoms with Crippen LogP contribution in [0.3, 0.4) is 0 Å². The van der Waals surface area contributed by atoms with Crippen LogP contribution in [0.15, 0.2) is 78.0 Å². The molecule has 3 aromatic carbocycles. The van der Waals surface area contributed by atoms with Gasteiger partial charge in [0.15, 0.2) is 11.0 Å². The molecule has 43 heavy (non-hydrogen) atoms. The highest BCUT2D eigenvalue weighted by molar-refractivity contribution is 7.99. The fourth-order valence-corrected chi connectivity index (χ4v) is 6.23. The van der Waals surface area contributed by atoms with Crippen molar-refractivity contribution in [2.24, 2.45) is 0 Å². The number of halogens is 1. The Kier molecular flexibility index (Phi) is 9.89. The molecule has 0 radical (unpaired) electrons. The van der Waals surface area contributed by atoms with Gasteiger partial charge in [0, 0.05) is 60.7 Å². The number of amides is 2. The number of nitrogens with zero attached hydrogens (tertiary/aromatic N) is 5. The van der Waals surface area contributed by atoms with E-state index in [-0.39, 0.29) is 17.9 Å². The zero-order chi connectivity index (χ0) is 30.3. The largest absolute Gasteiger partial charge is 0.497 e. The third-order valence-corrected chi connectivity index (χ3v) is 8.71. The molecule has 1 aliphatic heterocycles. The van der Waals surface area contributed by atoms with Crippen LogP contribution in [0, 0.1) is 0 Å². The number of aromatic nitrogens is 3. The lowest BCUT2D eigenvalue weighted by Gasteiger charge is -2.40. The Balaban J connectivity index is 1.18. The van der Waals surface area contributed by atoms with E-state index in [1.165, 1.54) is 0 Å². The Morgan fingerprint density at radius 2 is 1.65 bits per heavy atom. The van der Waals surface area contributed by atoms with Gasteiger partial charge in [-0.15, -0.1) is 10.2 Å². The van der Waals surface area contributed by atoms with Crippen LogP contribution in [-0.2, 0) is 4.79 Å². The van der Waals surface area contributed by atoms with Gasteiger partial charge in [-0.25, -0.2) is 0 Å². The second-order valence-corrected chi connectivity index (χ2v) is 11.7. The lowest BCUT2D eigenvalue weighted by atomic mass is 10.1. The van der Waals surface area contributed by atoms with Crippen LogP contribution in [0.5, 0.6) is 11.5 Å². The Morgan fingerprint density at radius 1 is 0.953 bits per heavy atom. The minimum atomic E-state index is -0.121. The average Bonchev–Trinajstić information content (AvgIpc) is 3.46. The van der Waals surface area contributed by atoms with Crippen molar-refractivity contribution in [3.63, 3.8) is 0 Å². The number of carbonyl (C=O) groups excluding carboxylic acids is 2. The summed E-state index contributed by atoms with van der Waals surface area (Å²) in [6.07, 6.45) is 1.10. The fourth-order valence-electron chi connectivity index (χ4n) is 5.12. The number of piperazine rings is 1. The highest BCUT2D eigenvalue weighted by Crippen LogP contribution is 2.32. The highest BCUT2D eigenvalue weighted by atomic mass is 35.5. The van der Waals surface area contributed by atoms with Crippen molar-refractivity contribution in [1.29, 1.82) is 0 Å². The van der Waals surface area contributed by atoms with Gasteiger partial charge in [0.25, 0.3) is 5.91 Å². The van der Waals surface area contributed by atoms with Gasteiger partial charge in [0.2, 0.25) is 5.91 Å². The summed E-state index contributed by atoms with van der Waals surface area (Å²) in [4.78, 5) is 30.1. The van der Waals surface area contributed by atoms with Gasteiger partial charge in [-0.3, -0.25) is 14.2 Å². The van der Waals surface area contributed by atoms with Gasteiger partial charge in [-0.1, -0.05) is 53.7 Å². The summed E-state index contributed by atoms with van der Waals surface area (Å²) in [6.45, 7) is 3.41. The Labute approximate surface area is 260 Å². The number of hydrogen-bond donors (Lipinski definition) is 0. The zero-order valence-electron chi connectivity index (χ0n) is 24.4. The van der Waals surface area contributed by atoms with E-state index in [9.17, 15) is 9.59 Å². The van der Waals surface area contributed by atoms with E-state index >= 15 is 0 Å². The molecule has 9 nitrogen and oxygen atoms in total. The molecule has 1 aromatic heterocycles. The van der Waals surface area contributed by atoms with Crippen molar-refractivity contribution in [3.8, 4) is 28.6 Å². The fraction of sp³-hybridized carbons (Fsp3) is 0.312. The number of methoxy groups -OCH3 is 2. The highest BCUT2D eigenvalue weighted by Gasteiger charge is 2.30. The first-order valence-electron chi connectivity index (χ1n) is 14.1. The van der Waals surface area contributed by atoms with Gasteiger partial charge in [-0.05, 0) is 49.7 Å². The summed E-state index contributed by atoms with van der Waals surface area (Å²) in [5.74, 6) is 2.47. The van der Waals surface area contributed by atoms with E-state index in [1.807, 2.05) is 71.0 Å². The minimum absolute atomic E-state index is 0.0869. The summed E-state index contributed by atoms with van der Waals surface area (Å²) >= 11 is 8.06. The molecule has 2 amide bonds. The smallest absolute Gasteiger partial charge is 0.254 e. The van der Waals surface area contributed by atoms with Gasteiger partial charge in [0.1, 0.15) is 11.5 Å². The number of rotatable bonds is 10. The molecule has 0 spiro atoms. The predicted octanol–water partition coefficient (Wildman–Crippen LogP) is 5.85. The second kappa shape index (κ2) is 14.0. The lowest BCUT2D eigenvalue weighted by molar-refractivity contribution is -0.133. The van der Waals surface area contributed by atoms with Gasteiger partial charge < -0.3 is 19.3 Å². The van der Waals surface area contributed by atoms with Crippen molar-refractivity contribution >= 4 is 35.2 Å². The molecular weight excluding hydrogens is 586 g/mol. The number of carbonyl (C=O) groups is 2. The summed E-state index contributed by atoms with van der Waals surface area (Å²) in [7, 11) is 3.11. The summed E-state index contributed by atoms with van der Waals surface area (Å²) in [5.41, 5.74) is 2.25. The second-order valence-electron chi connectivity index (χ2n) is 10.2. The lowest BCUT2D eigenvalue weighted by Crippen LogP contribution is -2.55. The van der Waals surface area contributed by atoms with Crippen molar-refractivity contribution in [3.05, 3.63) is 83.4 Å². The Hall–Kier alpha value is -4.02. The van der Waals surface area contributed by atoms with Crippen molar-refractivity contribution < 1.29 is 19.1 Å². The number of benzene rings is 3. The zero-order valence-corrected chi connectivity index (χ0v) is 26.0. The van der Waals surface area contributed by atoms with Gasteiger partial charge in [0.05, 0.1) is 19.2 Å². The average molecular weight is 620 g/mol. The van der Waals surface area contributed by atoms with E-state index in [4.69, 9.17) is 21.1 Å². The van der Waals surface area contributed by atoms with E-state index in [0.717, 1.165) is 16.4 Å². The number of thioether (sulfide) groups is 1. The maximum atomic E-state index is 13.3. The minimum Gasteiger partial charge on any atom is -0.497 e. The van der Waals surface area contributed by atoms with E-state index < -0.39 is 0 Å². The molecule has 11 heteroatoms. The molecule has 0 bridgehead atoms. The monoisotopic (exact) mass is 619 g/mol. The van der Waals surface area contributed by atoms with Crippen LogP contribution >= 0.6 is 23.4 Å². The Bertz CT molecular complexity index is 1560. The normalized spacial score (nSPS) is 14.9. The Morgan fingerprint density at radius 3 is 2.33 bits per heavy atom. The van der Waals surface area contributed by atoms with Crippen molar-refractivity contribution in [1.82, 2.24) is 24.6 Å². The van der Waals surface area contributed by atoms with Gasteiger partial charge in [-0.2, -0.15) is 0 Å². The van der Waals surface area contributed by atoms with Crippen molar-refractivity contribution in [2.45, 2.75) is 31.0 Å². The maximum absolute atomic E-state index is 13.3. The van der Waals surface area contributed by atoms with Crippen LogP contribution in [0.25, 0.3) is 17.1 Å². The molecular formula is C32H34ClN5O4S. The molecule has 1 saturated heterocycles. The first-order chi connectivity index (χ1) is 20.9. The standard InChI is InChI=1S/C32H34ClN5O4S/c1-22-21-36(15-16-37(22)31(40)23-18-25(41-2)20-26(19-23)42-3)29(39)14-9-17-43-32-35-34-30(27-12-7-8-13-28(27)33)38(32)24-10-5-4-6-11-24/h4-8,10-13,18-20,22H,9,14-17,21H2,1-3H3. The van der Waals surface area contributed by atoms with Gasteiger partial charge >= 0.3 is 0 Å². The molecule has 0 aliphatic carbocycles. The molecule has 4 aromatic rings. The number of para-hydroxylation sites is 1. The van der Waals surface area contributed by atoms with E-state index in [0.29, 0.717) is 66.1 Å². The molecule has 0 N–H and O–H groups in total. The van der Waals surface area contributed by atoms with Crippen LogP contribution < -0.4 is 9.47 Å². The maximum Gasteiger partial charge on any atom is 0.254 e. The van der Waals surface area contributed by atoms with Crippen LogP contribution in [0.4, 0.5) is 0 Å². The predicted molar refractivity (Wildman–Crippen MR) is 168 cm³/mol. The molecule has 2 heterocycles. The molecule has 1 aliphatic rings. The molecule has 1 unspecified atom stereocenters. The SMILES string of the molecule is COc1cc(OC)cc(C(=O)N2CCN(C(=O)CCCSc3nnc(-c4ccccc4Cl)n3-c3ccccc3)CC2C)c1. The summed E-state index contributed by atoms with van der Waals surface area (Å²) in [5, 5.41) is 10.3. The molecule has 5 rings (SSSR count). The topological polar surface area (TPSA) is 89.8 Å². The third-order valence-electron chi connectivity index (χ3n) is 7.37. The molecule has 1 fully saturated rings. The van der Waals surface area contributed by atoms with Crippen LogP contribution in [0.2, 0.25) is 5.02 Å². The first-order valence-corrected chi connectivity index (χ1v) is 15.5. The number of ether oxygens (including phenoxy) is 2. The van der Waals surface area contributed by atoms with E-state index in [2.05, 4.69) is 10.2 Å². The van der Waals surface area contributed by atoms with Crippen LogP contribution in [0.1, 0.15) is 30.1 Å². The molecule has 1 atom stereocenters. The summed E-state index contributed by atoms with van der Waals surface area (Å²) < 4.78 is 12.6. The van der Waals surface area contributed by atoms with Crippen molar-refractivity contribution in [2.75, 3.05) is 39.6 Å². The third kappa shape index (κ3) is 6.97. The number of hydrogen-bond acceptors (Lipinski definition) is 7. The quantitative estimate of drug-likeness (QED) is 0.162. The molecule has 0 saturated carbocycles.